The van der Waals surface area contributed by atoms with Gasteiger partial charge in [0.1, 0.15) is 0 Å². The maximum absolute atomic E-state index is 6.09. The first-order valence-corrected chi connectivity index (χ1v) is 6.67. The standard InChI is InChI=1S/C14H20ClN/c15-14-8-6-13(7-9-14)11-16-10-12-4-2-1-3-5-12/h1-5,13-14,16H,6-11H2. The van der Waals surface area contributed by atoms with Gasteiger partial charge >= 0.3 is 0 Å². The summed E-state index contributed by atoms with van der Waals surface area (Å²) in [6.07, 6.45) is 4.96. The molecule has 0 aromatic heterocycles. The summed E-state index contributed by atoms with van der Waals surface area (Å²) in [4.78, 5) is 0. The second-order valence-corrected chi connectivity index (χ2v) is 5.35. The largest absolute Gasteiger partial charge is 0.312 e. The number of nitrogens with one attached hydrogen (secondary N) is 1. The highest BCUT2D eigenvalue weighted by molar-refractivity contribution is 6.20. The van der Waals surface area contributed by atoms with E-state index in [1.807, 2.05) is 0 Å². The predicted octanol–water partition coefficient (Wildman–Crippen LogP) is 3.57. The number of benzene rings is 1. The summed E-state index contributed by atoms with van der Waals surface area (Å²) in [6, 6.07) is 10.6. The molecule has 1 aromatic carbocycles. The number of rotatable bonds is 4. The molecule has 16 heavy (non-hydrogen) atoms. The topological polar surface area (TPSA) is 12.0 Å². The molecule has 2 heteroatoms. The van der Waals surface area contributed by atoms with Crippen molar-refractivity contribution in [3.8, 4) is 0 Å². The quantitative estimate of drug-likeness (QED) is 0.790. The van der Waals surface area contributed by atoms with Crippen molar-refractivity contribution in [2.45, 2.75) is 37.6 Å². The lowest BCUT2D eigenvalue weighted by Crippen LogP contribution is -2.26. The third-order valence-corrected chi connectivity index (χ3v) is 3.82. The lowest BCUT2D eigenvalue weighted by molar-refractivity contribution is 0.345. The van der Waals surface area contributed by atoms with Crippen LogP contribution in [0.2, 0.25) is 0 Å². The molecular formula is C14H20ClN. The second kappa shape index (κ2) is 6.27. The molecule has 2 rings (SSSR count). The molecule has 0 saturated heterocycles. The van der Waals surface area contributed by atoms with E-state index in [0.717, 1.165) is 19.0 Å². The van der Waals surface area contributed by atoms with Crippen LogP contribution in [-0.2, 0) is 6.54 Å². The minimum absolute atomic E-state index is 0.436. The van der Waals surface area contributed by atoms with Crippen molar-refractivity contribution in [2.24, 2.45) is 5.92 Å². The van der Waals surface area contributed by atoms with Crippen molar-refractivity contribution < 1.29 is 0 Å². The lowest BCUT2D eigenvalue weighted by atomic mass is 9.89. The average Bonchev–Trinajstić information content (AvgIpc) is 2.33. The predicted molar refractivity (Wildman–Crippen MR) is 69.7 cm³/mol. The van der Waals surface area contributed by atoms with Gasteiger partial charge in [0, 0.05) is 11.9 Å². The Morgan fingerprint density at radius 3 is 2.44 bits per heavy atom. The summed E-state index contributed by atoms with van der Waals surface area (Å²) in [5.74, 6) is 0.832. The van der Waals surface area contributed by atoms with E-state index in [-0.39, 0.29) is 0 Å². The fraction of sp³-hybridized carbons (Fsp3) is 0.571. The monoisotopic (exact) mass is 237 g/mol. The Morgan fingerprint density at radius 1 is 1.06 bits per heavy atom. The Morgan fingerprint density at radius 2 is 1.75 bits per heavy atom. The number of halogens is 1. The normalized spacial score (nSPS) is 25.6. The van der Waals surface area contributed by atoms with Crippen LogP contribution in [-0.4, -0.2) is 11.9 Å². The van der Waals surface area contributed by atoms with Gasteiger partial charge in [0.2, 0.25) is 0 Å². The van der Waals surface area contributed by atoms with Crippen molar-refractivity contribution >= 4 is 11.6 Å². The first-order valence-electron chi connectivity index (χ1n) is 6.23. The molecule has 1 nitrogen and oxygen atoms in total. The van der Waals surface area contributed by atoms with E-state index in [0.29, 0.717) is 5.38 Å². The molecule has 1 fully saturated rings. The van der Waals surface area contributed by atoms with Crippen molar-refractivity contribution in [1.29, 1.82) is 0 Å². The molecular weight excluding hydrogens is 218 g/mol. The third-order valence-electron chi connectivity index (χ3n) is 3.38. The number of alkyl halides is 1. The summed E-state index contributed by atoms with van der Waals surface area (Å²) in [5.41, 5.74) is 1.37. The summed E-state index contributed by atoms with van der Waals surface area (Å²) in [7, 11) is 0. The van der Waals surface area contributed by atoms with Crippen molar-refractivity contribution in [3.05, 3.63) is 35.9 Å². The van der Waals surface area contributed by atoms with Gasteiger partial charge in [-0.1, -0.05) is 30.3 Å². The Labute approximate surface area is 103 Å². The van der Waals surface area contributed by atoms with E-state index >= 15 is 0 Å². The molecule has 0 unspecified atom stereocenters. The van der Waals surface area contributed by atoms with Gasteiger partial charge in [0.05, 0.1) is 0 Å². The minimum atomic E-state index is 0.436. The second-order valence-electron chi connectivity index (χ2n) is 4.73. The van der Waals surface area contributed by atoms with Gasteiger partial charge in [0.25, 0.3) is 0 Å². The summed E-state index contributed by atoms with van der Waals surface area (Å²) >= 11 is 6.09. The molecule has 1 saturated carbocycles. The van der Waals surface area contributed by atoms with E-state index in [1.54, 1.807) is 0 Å². The van der Waals surface area contributed by atoms with E-state index < -0.39 is 0 Å². The molecule has 1 aromatic rings. The van der Waals surface area contributed by atoms with Gasteiger partial charge in [0.15, 0.2) is 0 Å². The van der Waals surface area contributed by atoms with Crippen molar-refractivity contribution in [3.63, 3.8) is 0 Å². The molecule has 0 radical (unpaired) electrons. The minimum Gasteiger partial charge on any atom is -0.312 e. The van der Waals surface area contributed by atoms with E-state index in [9.17, 15) is 0 Å². The molecule has 1 N–H and O–H groups in total. The Balaban J connectivity index is 1.65. The Kier molecular flexibility index (Phi) is 4.68. The van der Waals surface area contributed by atoms with Gasteiger partial charge in [-0.25, -0.2) is 0 Å². The first kappa shape index (κ1) is 11.9. The van der Waals surface area contributed by atoms with Crippen LogP contribution in [0, 0.1) is 5.92 Å². The summed E-state index contributed by atoms with van der Waals surface area (Å²) in [6.45, 7) is 2.13. The van der Waals surface area contributed by atoms with E-state index in [1.165, 1.54) is 31.2 Å². The van der Waals surface area contributed by atoms with Crippen LogP contribution in [0.3, 0.4) is 0 Å². The van der Waals surface area contributed by atoms with E-state index in [2.05, 4.69) is 35.6 Å². The highest BCUT2D eigenvalue weighted by Crippen LogP contribution is 2.26. The molecule has 0 heterocycles. The molecule has 88 valence electrons. The van der Waals surface area contributed by atoms with Crippen LogP contribution in [0.1, 0.15) is 31.2 Å². The molecule has 1 aliphatic carbocycles. The molecule has 0 bridgehead atoms. The fourth-order valence-corrected chi connectivity index (χ4v) is 2.59. The van der Waals surface area contributed by atoms with Crippen LogP contribution in [0.5, 0.6) is 0 Å². The molecule has 0 atom stereocenters. The zero-order valence-electron chi connectivity index (χ0n) is 9.66. The van der Waals surface area contributed by atoms with E-state index in [4.69, 9.17) is 11.6 Å². The average molecular weight is 238 g/mol. The van der Waals surface area contributed by atoms with Crippen molar-refractivity contribution in [1.82, 2.24) is 5.32 Å². The van der Waals surface area contributed by atoms with Gasteiger partial charge in [-0.2, -0.15) is 0 Å². The number of hydrogen-bond donors (Lipinski definition) is 1. The summed E-state index contributed by atoms with van der Waals surface area (Å²) in [5, 5.41) is 3.98. The van der Waals surface area contributed by atoms with Gasteiger partial charge in [-0.15, -0.1) is 11.6 Å². The molecule has 1 aliphatic rings. The molecule has 0 amide bonds. The first-order chi connectivity index (χ1) is 7.84. The molecule has 0 spiro atoms. The zero-order valence-corrected chi connectivity index (χ0v) is 10.4. The van der Waals surface area contributed by atoms with Crippen LogP contribution < -0.4 is 5.32 Å². The maximum atomic E-state index is 6.09. The van der Waals surface area contributed by atoms with Crippen LogP contribution >= 0.6 is 11.6 Å². The summed E-state index contributed by atoms with van der Waals surface area (Å²) < 4.78 is 0. The maximum Gasteiger partial charge on any atom is 0.0336 e. The highest BCUT2D eigenvalue weighted by Gasteiger charge is 2.18. The van der Waals surface area contributed by atoms with Gasteiger partial charge < -0.3 is 5.32 Å². The highest BCUT2D eigenvalue weighted by atomic mass is 35.5. The fourth-order valence-electron chi connectivity index (χ4n) is 2.34. The van der Waals surface area contributed by atoms with Gasteiger partial charge in [-0.3, -0.25) is 0 Å². The zero-order chi connectivity index (χ0) is 11.2. The van der Waals surface area contributed by atoms with Gasteiger partial charge in [-0.05, 0) is 43.7 Å². The Bertz CT molecular complexity index is 291. The van der Waals surface area contributed by atoms with Crippen LogP contribution in [0.25, 0.3) is 0 Å². The van der Waals surface area contributed by atoms with Crippen LogP contribution in [0.15, 0.2) is 30.3 Å². The lowest BCUT2D eigenvalue weighted by Gasteiger charge is -2.25. The number of hydrogen-bond acceptors (Lipinski definition) is 1. The van der Waals surface area contributed by atoms with Crippen molar-refractivity contribution in [2.75, 3.05) is 6.54 Å². The van der Waals surface area contributed by atoms with Crippen LogP contribution in [0.4, 0.5) is 0 Å². The smallest absolute Gasteiger partial charge is 0.0336 e. The SMILES string of the molecule is ClC1CCC(CNCc2ccccc2)CC1. The third kappa shape index (κ3) is 3.80. The molecule has 0 aliphatic heterocycles. The Hall–Kier alpha value is -0.530.